The summed E-state index contributed by atoms with van der Waals surface area (Å²) in [5.41, 5.74) is 7.53. The van der Waals surface area contributed by atoms with E-state index in [2.05, 4.69) is 6.92 Å². The third kappa shape index (κ3) is 3.41. The molecule has 0 amide bonds. The number of nitrogens with two attached hydrogens (primary N) is 1. The summed E-state index contributed by atoms with van der Waals surface area (Å²) in [6.07, 6.45) is 0.864. The Hall–Kier alpha value is -1.22. The van der Waals surface area contributed by atoms with Crippen LogP contribution in [0.25, 0.3) is 0 Å². The van der Waals surface area contributed by atoms with Crippen molar-refractivity contribution in [2.24, 2.45) is 5.73 Å². The van der Waals surface area contributed by atoms with Gasteiger partial charge in [0.05, 0.1) is 0 Å². The lowest BCUT2D eigenvalue weighted by Crippen LogP contribution is -1.97. The zero-order valence-corrected chi connectivity index (χ0v) is 12.1. The summed E-state index contributed by atoms with van der Waals surface area (Å²) in [4.78, 5) is 0. The Morgan fingerprint density at radius 1 is 0.947 bits per heavy atom. The van der Waals surface area contributed by atoms with Crippen LogP contribution in [0.3, 0.4) is 0 Å². The van der Waals surface area contributed by atoms with Gasteiger partial charge in [0.1, 0.15) is 11.5 Å². The Bertz CT molecular complexity index is 584. The zero-order chi connectivity index (χ0) is 13.8. The number of hydrogen-bond acceptors (Lipinski definition) is 2. The first-order valence-electron chi connectivity index (χ1n) is 6.08. The van der Waals surface area contributed by atoms with Crippen molar-refractivity contribution in [2.45, 2.75) is 19.9 Å². The van der Waals surface area contributed by atoms with Crippen LogP contribution in [0.2, 0.25) is 10.0 Å². The van der Waals surface area contributed by atoms with Gasteiger partial charge in [0.25, 0.3) is 0 Å². The first-order chi connectivity index (χ1) is 9.13. The zero-order valence-electron chi connectivity index (χ0n) is 10.6. The number of aryl methyl sites for hydroxylation is 1. The highest BCUT2D eigenvalue weighted by Crippen LogP contribution is 2.29. The van der Waals surface area contributed by atoms with E-state index < -0.39 is 0 Å². The molecule has 0 aliphatic heterocycles. The van der Waals surface area contributed by atoms with Crippen molar-refractivity contribution in [2.75, 3.05) is 0 Å². The molecule has 100 valence electrons. The van der Waals surface area contributed by atoms with Gasteiger partial charge in [-0.05, 0) is 47.9 Å². The van der Waals surface area contributed by atoms with E-state index in [-0.39, 0.29) is 0 Å². The summed E-state index contributed by atoms with van der Waals surface area (Å²) in [5, 5.41) is 1.37. The summed E-state index contributed by atoms with van der Waals surface area (Å²) < 4.78 is 5.77. The van der Waals surface area contributed by atoms with Crippen molar-refractivity contribution in [3.05, 3.63) is 57.6 Å². The summed E-state index contributed by atoms with van der Waals surface area (Å²) in [5.74, 6) is 1.43. The van der Waals surface area contributed by atoms with Crippen LogP contribution < -0.4 is 10.5 Å². The van der Waals surface area contributed by atoms with Gasteiger partial charge in [-0.15, -0.1) is 0 Å². The highest BCUT2D eigenvalue weighted by molar-refractivity contribution is 6.31. The molecule has 0 saturated heterocycles. The molecule has 2 aromatic carbocycles. The quantitative estimate of drug-likeness (QED) is 0.879. The lowest BCUT2D eigenvalue weighted by Gasteiger charge is -2.10. The second kappa shape index (κ2) is 6.29. The number of ether oxygens (including phenoxy) is 1. The largest absolute Gasteiger partial charge is 0.457 e. The molecule has 0 heterocycles. The molecule has 2 aromatic rings. The molecule has 19 heavy (non-hydrogen) atoms. The van der Waals surface area contributed by atoms with E-state index in [9.17, 15) is 0 Å². The summed E-state index contributed by atoms with van der Waals surface area (Å²) >= 11 is 12.2. The fraction of sp³-hybridized carbons (Fsp3) is 0.200. The molecule has 0 bridgehead atoms. The van der Waals surface area contributed by atoms with E-state index in [1.807, 2.05) is 30.3 Å². The van der Waals surface area contributed by atoms with E-state index >= 15 is 0 Å². The van der Waals surface area contributed by atoms with Gasteiger partial charge in [0.2, 0.25) is 0 Å². The van der Waals surface area contributed by atoms with Crippen molar-refractivity contribution in [3.8, 4) is 11.5 Å². The maximum Gasteiger partial charge on any atom is 0.128 e. The summed E-state index contributed by atoms with van der Waals surface area (Å²) in [6.45, 7) is 2.47. The topological polar surface area (TPSA) is 35.2 Å². The number of halogens is 2. The minimum atomic E-state index is 0.417. The van der Waals surface area contributed by atoms with Crippen molar-refractivity contribution >= 4 is 23.2 Å². The number of rotatable bonds is 4. The van der Waals surface area contributed by atoms with Gasteiger partial charge in [-0.3, -0.25) is 0 Å². The smallest absolute Gasteiger partial charge is 0.128 e. The van der Waals surface area contributed by atoms with E-state index in [1.54, 1.807) is 6.07 Å². The Kier molecular flexibility index (Phi) is 4.70. The highest BCUT2D eigenvalue weighted by atomic mass is 35.5. The molecule has 0 aliphatic rings. The molecule has 0 atom stereocenters. The maximum atomic E-state index is 6.10. The lowest BCUT2D eigenvalue weighted by atomic mass is 10.1. The monoisotopic (exact) mass is 295 g/mol. The van der Waals surface area contributed by atoms with Gasteiger partial charge in [-0.2, -0.15) is 0 Å². The Balaban J connectivity index is 2.23. The lowest BCUT2D eigenvalue weighted by molar-refractivity contribution is 0.482. The molecule has 2 rings (SSSR count). The molecule has 0 unspecified atom stereocenters. The van der Waals surface area contributed by atoms with E-state index in [4.69, 9.17) is 33.7 Å². The molecular weight excluding hydrogens is 281 g/mol. The van der Waals surface area contributed by atoms with Gasteiger partial charge in [0, 0.05) is 16.6 Å². The molecule has 0 aliphatic carbocycles. The predicted molar refractivity (Wildman–Crippen MR) is 80.2 cm³/mol. The molecule has 0 saturated carbocycles. The Morgan fingerprint density at radius 3 is 2.26 bits per heavy atom. The molecule has 0 spiro atoms. The maximum absolute atomic E-state index is 6.10. The minimum Gasteiger partial charge on any atom is -0.457 e. The number of benzene rings is 2. The summed E-state index contributed by atoms with van der Waals surface area (Å²) in [7, 11) is 0. The number of hydrogen-bond donors (Lipinski definition) is 1. The minimum absolute atomic E-state index is 0.417. The van der Waals surface area contributed by atoms with Gasteiger partial charge in [0.15, 0.2) is 0 Å². The molecule has 2 N–H and O–H groups in total. The van der Waals surface area contributed by atoms with Crippen LogP contribution >= 0.6 is 23.2 Å². The van der Waals surface area contributed by atoms with E-state index in [0.29, 0.717) is 17.3 Å². The van der Waals surface area contributed by atoms with Crippen LogP contribution in [0.4, 0.5) is 0 Å². The SMILES string of the molecule is CCc1cc(Oc2ccc(CN)c(Cl)c2)ccc1Cl. The standard InChI is InChI=1S/C15H15Cl2NO/c1-2-10-7-12(5-6-14(10)16)19-13-4-3-11(9-18)15(17)8-13/h3-8H,2,9,18H2,1H3. The van der Waals surface area contributed by atoms with Gasteiger partial charge < -0.3 is 10.5 Å². The van der Waals surface area contributed by atoms with Gasteiger partial charge in [-0.25, -0.2) is 0 Å². The molecule has 0 radical (unpaired) electrons. The van der Waals surface area contributed by atoms with Crippen LogP contribution in [0.15, 0.2) is 36.4 Å². The predicted octanol–water partition coefficient (Wildman–Crippen LogP) is 4.81. The second-order valence-corrected chi connectivity index (χ2v) is 4.98. The van der Waals surface area contributed by atoms with Crippen molar-refractivity contribution in [1.29, 1.82) is 0 Å². The van der Waals surface area contributed by atoms with Crippen molar-refractivity contribution in [1.82, 2.24) is 0 Å². The van der Waals surface area contributed by atoms with E-state index in [0.717, 1.165) is 28.3 Å². The molecule has 0 fully saturated rings. The highest BCUT2D eigenvalue weighted by Gasteiger charge is 2.05. The van der Waals surface area contributed by atoms with Crippen LogP contribution in [-0.2, 0) is 13.0 Å². The molecule has 4 heteroatoms. The molecule has 0 aromatic heterocycles. The van der Waals surface area contributed by atoms with Crippen LogP contribution in [0.5, 0.6) is 11.5 Å². The van der Waals surface area contributed by atoms with Gasteiger partial charge >= 0.3 is 0 Å². The van der Waals surface area contributed by atoms with Crippen LogP contribution in [0, 0.1) is 0 Å². The molecule has 2 nitrogen and oxygen atoms in total. The third-order valence-corrected chi connectivity index (χ3v) is 3.60. The second-order valence-electron chi connectivity index (χ2n) is 4.17. The van der Waals surface area contributed by atoms with Crippen molar-refractivity contribution in [3.63, 3.8) is 0 Å². The summed E-state index contributed by atoms with van der Waals surface area (Å²) in [6, 6.07) is 11.1. The molecular formula is C15H15Cl2NO. The average molecular weight is 296 g/mol. The van der Waals surface area contributed by atoms with Gasteiger partial charge in [-0.1, -0.05) is 36.2 Å². The fourth-order valence-electron chi connectivity index (χ4n) is 1.78. The third-order valence-electron chi connectivity index (χ3n) is 2.88. The first kappa shape index (κ1) is 14.2. The normalized spacial score (nSPS) is 10.5. The fourth-order valence-corrected chi connectivity index (χ4v) is 2.28. The average Bonchev–Trinajstić information content (AvgIpc) is 2.41. The Morgan fingerprint density at radius 2 is 1.63 bits per heavy atom. The van der Waals surface area contributed by atoms with E-state index in [1.165, 1.54) is 0 Å². The first-order valence-corrected chi connectivity index (χ1v) is 6.84. The van der Waals surface area contributed by atoms with Crippen LogP contribution in [0.1, 0.15) is 18.1 Å². The van der Waals surface area contributed by atoms with Crippen molar-refractivity contribution < 1.29 is 4.74 Å². The Labute approximate surface area is 123 Å². The van der Waals surface area contributed by atoms with Crippen LogP contribution in [-0.4, -0.2) is 0 Å².